The number of aryl methyl sites for hydroxylation is 2. The number of rotatable bonds is 4. The molecule has 0 saturated carbocycles. The van der Waals surface area contributed by atoms with Gasteiger partial charge in [0.2, 0.25) is 0 Å². The Morgan fingerprint density at radius 3 is 2.48 bits per heavy atom. The summed E-state index contributed by atoms with van der Waals surface area (Å²) in [5, 5.41) is 12.1. The van der Waals surface area contributed by atoms with E-state index < -0.39 is 4.92 Å². The Balaban J connectivity index is 2.36. The molecule has 0 unspecified atom stereocenters. The fourth-order valence-corrected chi connectivity index (χ4v) is 2.50. The van der Waals surface area contributed by atoms with Crippen molar-refractivity contribution in [3.63, 3.8) is 0 Å². The highest BCUT2D eigenvalue weighted by molar-refractivity contribution is 9.08. The van der Waals surface area contributed by atoms with Gasteiger partial charge >= 0.3 is 0 Å². The van der Waals surface area contributed by atoms with E-state index in [1.807, 2.05) is 12.1 Å². The highest BCUT2D eigenvalue weighted by Gasteiger charge is 2.15. The molecule has 0 fully saturated rings. The number of ether oxygens (including phenoxy) is 1. The van der Waals surface area contributed by atoms with E-state index in [4.69, 9.17) is 16.3 Å². The zero-order valence-electron chi connectivity index (χ0n) is 11.5. The lowest BCUT2D eigenvalue weighted by Gasteiger charge is -2.12. The molecular formula is C15H13BrClNO3. The van der Waals surface area contributed by atoms with Gasteiger partial charge in [-0.25, -0.2) is 0 Å². The van der Waals surface area contributed by atoms with Crippen molar-refractivity contribution in [3.05, 3.63) is 62.2 Å². The summed E-state index contributed by atoms with van der Waals surface area (Å²) in [6.07, 6.45) is 0. The number of nitro benzene ring substituents is 1. The van der Waals surface area contributed by atoms with Crippen molar-refractivity contribution in [2.75, 3.05) is 0 Å². The van der Waals surface area contributed by atoms with Gasteiger partial charge < -0.3 is 4.74 Å². The van der Waals surface area contributed by atoms with Crippen LogP contribution in [0.3, 0.4) is 0 Å². The third kappa shape index (κ3) is 3.54. The van der Waals surface area contributed by atoms with E-state index in [1.54, 1.807) is 26.0 Å². The third-order valence-corrected chi connectivity index (χ3v) is 4.00. The van der Waals surface area contributed by atoms with Gasteiger partial charge in [0.05, 0.1) is 9.95 Å². The zero-order chi connectivity index (χ0) is 15.6. The predicted molar refractivity (Wildman–Crippen MR) is 86.7 cm³/mol. The van der Waals surface area contributed by atoms with Crippen molar-refractivity contribution in [2.24, 2.45) is 0 Å². The van der Waals surface area contributed by atoms with Crippen LogP contribution in [-0.4, -0.2) is 4.92 Å². The second kappa shape index (κ2) is 6.45. The number of hydrogen-bond donors (Lipinski definition) is 0. The lowest BCUT2D eigenvalue weighted by molar-refractivity contribution is -0.385. The summed E-state index contributed by atoms with van der Waals surface area (Å²) in [5.41, 5.74) is 2.37. The molecule has 110 valence electrons. The van der Waals surface area contributed by atoms with Gasteiger partial charge in [0, 0.05) is 17.0 Å². The lowest BCUT2D eigenvalue weighted by atomic mass is 10.1. The van der Waals surface area contributed by atoms with Gasteiger partial charge in [-0.15, -0.1) is 0 Å². The average Bonchev–Trinajstić information content (AvgIpc) is 2.44. The molecule has 0 amide bonds. The summed E-state index contributed by atoms with van der Waals surface area (Å²) in [5.74, 6) is 1.09. The molecule has 2 aromatic rings. The van der Waals surface area contributed by atoms with Crippen LogP contribution in [0.2, 0.25) is 5.02 Å². The molecule has 0 aliphatic rings. The van der Waals surface area contributed by atoms with Crippen LogP contribution < -0.4 is 4.74 Å². The largest absolute Gasteiger partial charge is 0.456 e. The topological polar surface area (TPSA) is 52.4 Å². The van der Waals surface area contributed by atoms with Gasteiger partial charge in [-0.3, -0.25) is 10.1 Å². The first-order valence-electron chi connectivity index (χ1n) is 6.20. The van der Waals surface area contributed by atoms with Crippen LogP contribution in [0, 0.1) is 24.0 Å². The van der Waals surface area contributed by atoms with Crippen LogP contribution in [0.25, 0.3) is 0 Å². The molecule has 0 saturated heterocycles. The summed E-state index contributed by atoms with van der Waals surface area (Å²) < 4.78 is 5.79. The molecule has 21 heavy (non-hydrogen) atoms. The Morgan fingerprint density at radius 2 is 1.90 bits per heavy atom. The van der Waals surface area contributed by atoms with Crippen molar-refractivity contribution in [1.29, 1.82) is 0 Å². The second-order valence-corrected chi connectivity index (χ2v) is 5.63. The quantitative estimate of drug-likeness (QED) is 0.402. The first kappa shape index (κ1) is 15.8. The molecule has 0 atom stereocenters. The summed E-state index contributed by atoms with van der Waals surface area (Å²) >= 11 is 9.54. The zero-order valence-corrected chi connectivity index (χ0v) is 13.9. The molecule has 0 aliphatic carbocycles. The Kier molecular flexibility index (Phi) is 4.85. The first-order chi connectivity index (χ1) is 9.92. The minimum atomic E-state index is -0.399. The molecule has 0 spiro atoms. The van der Waals surface area contributed by atoms with Crippen LogP contribution in [0.15, 0.2) is 30.3 Å². The molecule has 0 radical (unpaired) electrons. The SMILES string of the molecule is Cc1cc([N+](=O)[O-])c(C)cc1Oc1ccc(CBr)cc1Cl. The summed E-state index contributed by atoms with van der Waals surface area (Å²) in [4.78, 5) is 10.5. The summed E-state index contributed by atoms with van der Waals surface area (Å²) in [6.45, 7) is 3.45. The highest BCUT2D eigenvalue weighted by Crippen LogP contribution is 2.34. The normalized spacial score (nSPS) is 10.5. The van der Waals surface area contributed by atoms with Crippen LogP contribution in [0.4, 0.5) is 5.69 Å². The van der Waals surface area contributed by atoms with E-state index in [2.05, 4.69) is 15.9 Å². The fourth-order valence-electron chi connectivity index (χ4n) is 1.91. The fraction of sp³-hybridized carbons (Fsp3) is 0.200. The number of halogens is 2. The molecule has 0 N–H and O–H groups in total. The van der Waals surface area contributed by atoms with Gasteiger partial charge in [0.1, 0.15) is 11.5 Å². The smallest absolute Gasteiger partial charge is 0.272 e. The molecule has 0 bridgehead atoms. The molecule has 4 nitrogen and oxygen atoms in total. The van der Waals surface area contributed by atoms with Gasteiger partial charge in [-0.05, 0) is 43.2 Å². The second-order valence-electron chi connectivity index (χ2n) is 4.66. The summed E-state index contributed by atoms with van der Waals surface area (Å²) in [6, 6.07) is 8.67. The maximum Gasteiger partial charge on any atom is 0.272 e. The maximum atomic E-state index is 10.9. The van der Waals surface area contributed by atoms with Crippen molar-refractivity contribution in [3.8, 4) is 11.5 Å². The van der Waals surface area contributed by atoms with Crippen molar-refractivity contribution >= 4 is 33.2 Å². The molecule has 6 heteroatoms. The van der Waals surface area contributed by atoms with E-state index >= 15 is 0 Å². The maximum absolute atomic E-state index is 10.9. The highest BCUT2D eigenvalue weighted by atomic mass is 79.9. The van der Waals surface area contributed by atoms with E-state index in [-0.39, 0.29) is 5.69 Å². The molecule has 0 aliphatic heterocycles. The number of alkyl halides is 1. The monoisotopic (exact) mass is 369 g/mol. The number of benzene rings is 2. The van der Waals surface area contributed by atoms with E-state index in [0.29, 0.717) is 33.0 Å². The Morgan fingerprint density at radius 1 is 1.19 bits per heavy atom. The number of nitro groups is 1. The van der Waals surface area contributed by atoms with Crippen molar-refractivity contribution < 1.29 is 9.66 Å². The minimum Gasteiger partial charge on any atom is -0.456 e. The van der Waals surface area contributed by atoms with Crippen LogP contribution in [-0.2, 0) is 5.33 Å². The number of nitrogens with zero attached hydrogens (tertiary/aromatic N) is 1. The first-order valence-corrected chi connectivity index (χ1v) is 7.70. The molecule has 2 rings (SSSR count). The van der Waals surface area contributed by atoms with Crippen LogP contribution in [0.5, 0.6) is 11.5 Å². The molecular weight excluding hydrogens is 358 g/mol. The minimum absolute atomic E-state index is 0.0839. The van der Waals surface area contributed by atoms with Crippen LogP contribution >= 0.6 is 27.5 Å². The standard InChI is InChI=1S/C15H13BrClNO3/c1-9-6-15(10(2)5-13(9)18(19)20)21-14-4-3-11(8-16)7-12(14)17/h3-7H,8H2,1-2H3. The predicted octanol–water partition coefficient (Wildman–Crippen LogP) is 5.55. The van der Waals surface area contributed by atoms with E-state index in [1.165, 1.54) is 6.07 Å². The van der Waals surface area contributed by atoms with Gasteiger partial charge in [-0.1, -0.05) is 33.6 Å². The Labute approximate surface area is 136 Å². The number of hydrogen-bond acceptors (Lipinski definition) is 3. The van der Waals surface area contributed by atoms with Gasteiger partial charge in [-0.2, -0.15) is 0 Å². The Bertz CT molecular complexity index is 704. The molecule has 0 heterocycles. The Hall–Kier alpha value is -1.59. The summed E-state index contributed by atoms with van der Waals surface area (Å²) in [7, 11) is 0. The average molecular weight is 371 g/mol. The molecule has 2 aromatic carbocycles. The lowest BCUT2D eigenvalue weighted by Crippen LogP contribution is -1.95. The van der Waals surface area contributed by atoms with Crippen LogP contribution in [0.1, 0.15) is 16.7 Å². The van der Waals surface area contributed by atoms with Gasteiger partial charge in [0.25, 0.3) is 5.69 Å². The third-order valence-electron chi connectivity index (χ3n) is 3.06. The van der Waals surface area contributed by atoms with Gasteiger partial charge in [0.15, 0.2) is 0 Å². The van der Waals surface area contributed by atoms with Crippen molar-refractivity contribution in [1.82, 2.24) is 0 Å². The molecule has 0 aromatic heterocycles. The van der Waals surface area contributed by atoms with E-state index in [0.717, 1.165) is 5.56 Å². The van der Waals surface area contributed by atoms with Crippen molar-refractivity contribution in [2.45, 2.75) is 19.2 Å². The van der Waals surface area contributed by atoms with E-state index in [9.17, 15) is 10.1 Å².